The van der Waals surface area contributed by atoms with E-state index in [9.17, 15) is 4.39 Å². The summed E-state index contributed by atoms with van der Waals surface area (Å²) in [5, 5.41) is 1.08. The smallest absolute Gasteiger partial charge is 0.155 e. The first kappa shape index (κ1) is 15.3. The number of hydrogen-bond donors (Lipinski definition) is 1. The lowest BCUT2D eigenvalue weighted by molar-refractivity contribution is 0.289. The van der Waals surface area contributed by atoms with Crippen LogP contribution >= 0.6 is 0 Å². The average molecular weight is 347 g/mol. The van der Waals surface area contributed by atoms with E-state index in [1.165, 1.54) is 22.9 Å². The van der Waals surface area contributed by atoms with Crippen LogP contribution in [-0.2, 0) is 6.54 Å². The number of aromatic nitrogens is 4. The Morgan fingerprint density at radius 3 is 3.08 bits per heavy atom. The van der Waals surface area contributed by atoms with E-state index in [1.807, 2.05) is 24.7 Å². The summed E-state index contributed by atoms with van der Waals surface area (Å²) in [5.41, 5.74) is 5.40. The van der Waals surface area contributed by atoms with Crippen LogP contribution in [0.25, 0.3) is 22.1 Å². The molecule has 0 saturated carbocycles. The number of fused-ring (bicyclic) bond motifs is 2. The molecule has 0 amide bonds. The van der Waals surface area contributed by atoms with E-state index in [4.69, 9.17) is 0 Å². The van der Waals surface area contributed by atoms with E-state index in [0.29, 0.717) is 0 Å². The van der Waals surface area contributed by atoms with Gasteiger partial charge in [0.2, 0.25) is 0 Å². The first-order valence-corrected chi connectivity index (χ1v) is 8.72. The van der Waals surface area contributed by atoms with Crippen molar-refractivity contribution >= 4 is 22.1 Å². The number of H-pyrrole nitrogens is 1. The lowest BCUT2D eigenvalue weighted by Gasteiger charge is -2.26. The van der Waals surface area contributed by atoms with Crippen molar-refractivity contribution in [3.63, 3.8) is 0 Å². The summed E-state index contributed by atoms with van der Waals surface area (Å²) in [7, 11) is 0. The lowest BCUT2D eigenvalue weighted by atomic mass is 9.99. The first-order valence-electron chi connectivity index (χ1n) is 8.72. The van der Waals surface area contributed by atoms with Gasteiger partial charge in [-0.05, 0) is 30.2 Å². The summed E-state index contributed by atoms with van der Waals surface area (Å²) in [6, 6.07) is 4.93. The molecule has 26 heavy (non-hydrogen) atoms. The summed E-state index contributed by atoms with van der Waals surface area (Å²) in [5.74, 6) is -0.210. The normalized spacial score (nSPS) is 15.7. The van der Waals surface area contributed by atoms with Gasteiger partial charge in [0, 0.05) is 54.7 Å². The third-order valence-electron chi connectivity index (χ3n) is 5.06. The minimum Gasteiger partial charge on any atom is -0.360 e. The second-order valence-corrected chi connectivity index (χ2v) is 6.66. The molecule has 0 atom stereocenters. The Kier molecular flexibility index (Phi) is 3.57. The van der Waals surface area contributed by atoms with Gasteiger partial charge in [-0.15, -0.1) is 0 Å². The number of imidazole rings is 1. The van der Waals surface area contributed by atoms with Gasteiger partial charge in [-0.3, -0.25) is 14.3 Å². The van der Waals surface area contributed by atoms with Crippen LogP contribution in [0.4, 0.5) is 4.39 Å². The summed E-state index contributed by atoms with van der Waals surface area (Å²) >= 11 is 0. The SMILES string of the molecule is Fc1ccc2c(C3=CCN(Cc4cnc5cnccn45)CC3)c[nH]c2c1. The number of hydrogen-bond acceptors (Lipinski definition) is 3. The van der Waals surface area contributed by atoms with Crippen LogP contribution in [0.1, 0.15) is 17.7 Å². The summed E-state index contributed by atoms with van der Waals surface area (Å²) in [6.07, 6.45) is 12.7. The maximum Gasteiger partial charge on any atom is 0.155 e. The van der Waals surface area contributed by atoms with Crippen molar-refractivity contribution in [3.05, 3.63) is 72.3 Å². The van der Waals surface area contributed by atoms with E-state index in [2.05, 4.69) is 30.3 Å². The molecule has 0 radical (unpaired) electrons. The number of benzene rings is 1. The molecule has 0 unspecified atom stereocenters. The van der Waals surface area contributed by atoms with Gasteiger partial charge >= 0.3 is 0 Å². The zero-order chi connectivity index (χ0) is 17.5. The maximum atomic E-state index is 13.4. The fourth-order valence-electron chi connectivity index (χ4n) is 3.70. The molecule has 130 valence electrons. The number of halogens is 1. The molecule has 4 heterocycles. The van der Waals surface area contributed by atoms with Gasteiger partial charge in [0.15, 0.2) is 5.65 Å². The van der Waals surface area contributed by atoms with Gasteiger partial charge in [0.25, 0.3) is 0 Å². The molecule has 1 aromatic carbocycles. The highest BCUT2D eigenvalue weighted by Crippen LogP contribution is 2.30. The molecule has 0 fully saturated rings. The minimum absolute atomic E-state index is 0.210. The molecule has 0 spiro atoms. The highest BCUT2D eigenvalue weighted by Gasteiger charge is 2.17. The molecule has 5 nitrogen and oxygen atoms in total. The molecule has 1 aliphatic heterocycles. The highest BCUT2D eigenvalue weighted by molar-refractivity contribution is 5.92. The molecule has 0 saturated heterocycles. The second-order valence-electron chi connectivity index (χ2n) is 6.66. The molecule has 1 aliphatic rings. The predicted molar refractivity (Wildman–Crippen MR) is 99.1 cm³/mol. The maximum absolute atomic E-state index is 13.4. The molecule has 3 aromatic heterocycles. The van der Waals surface area contributed by atoms with Crippen molar-refractivity contribution in [2.45, 2.75) is 13.0 Å². The number of nitrogens with zero attached hydrogens (tertiary/aromatic N) is 4. The van der Waals surface area contributed by atoms with Crippen LogP contribution in [0.2, 0.25) is 0 Å². The Bertz CT molecular complexity index is 1120. The third kappa shape index (κ3) is 2.59. The zero-order valence-corrected chi connectivity index (χ0v) is 14.2. The van der Waals surface area contributed by atoms with Gasteiger partial charge in [0.1, 0.15) is 5.82 Å². The quantitative estimate of drug-likeness (QED) is 0.616. The number of nitrogens with one attached hydrogen (secondary N) is 1. The Morgan fingerprint density at radius 1 is 1.23 bits per heavy atom. The van der Waals surface area contributed by atoms with Gasteiger partial charge in [-0.2, -0.15) is 0 Å². The van der Waals surface area contributed by atoms with Crippen molar-refractivity contribution in [3.8, 4) is 0 Å². The van der Waals surface area contributed by atoms with Crippen molar-refractivity contribution in [1.29, 1.82) is 0 Å². The van der Waals surface area contributed by atoms with Crippen LogP contribution < -0.4 is 0 Å². The summed E-state index contributed by atoms with van der Waals surface area (Å²) in [4.78, 5) is 14.1. The molecule has 0 bridgehead atoms. The van der Waals surface area contributed by atoms with Crippen molar-refractivity contribution < 1.29 is 4.39 Å². The van der Waals surface area contributed by atoms with Gasteiger partial charge in [-0.1, -0.05) is 6.08 Å². The van der Waals surface area contributed by atoms with E-state index in [-0.39, 0.29) is 5.82 Å². The molecule has 6 heteroatoms. The van der Waals surface area contributed by atoms with Gasteiger partial charge < -0.3 is 4.98 Å². The monoisotopic (exact) mass is 347 g/mol. The zero-order valence-electron chi connectivity index (χ0n) is 14.2. The average Bonchev–Trinajstić information content (AvgIpc) is 3.27. The Hall–Kier alpha value is -2.99. The molecule has 1 N–H and O–H groups in total. The van der Waals surface area contributed by atoms with Gasteiger partial charge in [-0.25, -0.2) is 9.37 Å². The Balaban J connectivity index is 1.36. The number of rotatable bonds is 3. The van der Waals surface area contributed by atoms with Crippen molar-refractivity contribution in [2.75, 3.05) is 13.1 Å². The minimum atomic E-state index is -0.210. The highest BCUT2D eigenvalue weighted by atomic mass is 19.1. The van der Waals surface area contributed by atoms with Crippen molar-refractivity contribution in [2.24, 2.45) is 0 Å². The number of aromatic amines is 1. The molecule has 5 rings (SSSR count). The molecule has 0 aliphatic carbocycles. The largest absolute Gasteiger partial charge is 0.360 e. The van der Waals surface area contributed by atoms with E-state index >= 15 is 0 Å². The van der Waals surface area contributed by atoms with E-state index in [1.54, 1.807) is 18.5 Å². The molecule has 4 aromatic rings. The fraction of sp³-hybridized carbons (Fsp3) is 0.200. The Labute approximate surface area is 149 Å². The standard InChI is InChI=1S/C20H18FN5/c21-15-1-2-17-18(11-23-19(17)9-15)14-3-6-25(7-4-14)13-16-10-24-20-12-22-5-8-26(16)20/h1-3,5,8-12,23H,4,6-7,13H2. The molecular formula is C20H18FN5. The van der Waals surface area contributed by atoms with E-state index in [0.717, 1.165) is 42.6 Å². The Morgan fingerprint density at radius 2 is 2.19 bits per heavy atom. The van der Waals surface area contributed by atoms with Crippen LogP contribution in [0.5, 0.6) is 0 Å². The van der Waals surface area contributed by atoms with Crippen LogP contribution in [0, 0.1) is 5.82 Å². The fourth-order valence-corrected chi connectivity index (χ4v) is 3.70. The topological polar surface area (TPSA) is 49.2 Å². The third-order valence-corrected chi connectivity index (χ3v) is 5.06. The van der Waals surface area contributed by atoms with Crippen LogP contribution in [0.3, 0.4) is 0 Å². The summed E-state index contributed by atoms with van der Waals surface area (Å²) in [6.45, 7) is 2.73. The van der Waals surface area contributed by atoms with Crippen LogP contribution in [-0.4, -0.2) is 37.3 Å². The lowest BCUT2D eigenvalue weighted by Crippen LogP contribution is -2.28. The van der Waals surface area contributed by atoms with Crippen LogP contribution in [0.15, 0.2) is 55.3 Å². The first-order chi connectivity index (χ1) is 12.8. The van der Waals surface area contributed by atoms with Gasteiger partial charge in [0.05, 0.1) is 18.1 Å². The second kappa shape index (κ2) is 6.07. The summed E-state index contributed by atoms with van der Waals surface area (Å²) < 4.78 is 15.5. The predicted octanol–water partition coefficient (Wildman–Crippen LogP) is 3.64. The molecular weight excluding hydrogens is 329 g/mol. The van der Waals surface area contributed by atoms with Crippen molar-refractivity contribution in [1.82, 2.24) is 24.3 Å². The van der Waals surface area contributed by atoms with E-state index < -0.39 is 0 Å².